The predicted octanol–water partition coefficient (Wildman–Crippen LogP) is 3.22. The van der Waals surface area contributed by atoms with Crippen molar-refractivity contribution in [2.45, 2.75) is 39.9 Å². The van der Waals surface area contributed by atoms with Crippen molar-refractivity contribution in [3.8, 4) is 0 Å². The van der Waals surface area contributed by atoms with Crippen LogP contribution < -0.4 is 0 Å². The Labute approximate surface area is 109 Å². The third kappa shape index (κ3) is 4.24. The van der Waals surface area contributed by atoms with E-state index in [1.165, 1.54) is 5.56 Å². The highest BCUT2D eigenvalue weighted by Gasteiger charge is 2.20. The molecule has 0 heterocycles. The maximum Gasteiger partial charge on any atom is 0.222 e. The first-order valence-electron chi connectivity index (χ1n) is 6.59. The molecule has 1 aromatic rings. The van der Waals surface area contributed by atoms with Gasteiger partial charge in [0, 0.05) is 18.8 Å². The van der Waals surface area contributed by atoms with Crippen molar-refractivity contribution in [2.75, 3.05) is 13.2 Å². The molecule has 0 fully saturated rings. The smallest absolute Gasteiger partial charge is 0.222 e. The Morgan fingerprint density at radius 3 is 2.39 bits per heavy atom. The number of ketones is 1. The molecule has 0 bridgehead atoms. The van der Waals surface area contributed by atoms with Crippen LogP contribution in [0.25, 0.3) is 0 Å². The standard InChI is InChI=1S/C15H22O3/c1-4-8-12-9-7-10-13(11-12)14(16)15(17-5-2)18-6-3/h7,9-11,15H,4-6,8H2,1-3H3. The molecule has 3 heteroatoms. The molecular formula is C15H22O3. The van der Waals surface area contributed by atoms with E-state index < -0.39 is 6.29 Å². The lowest BCUT2D eigenvalue weighted by molar-refractivity contribution is -0.107. The van der Waals surface area contributed by atoms with Crippen LogP contribution in [0.1, 0.15) is 43.1 Å². The summed E-state index contributed by atoms with van der Waals surface area (Å²) in [5, 5.41) is 0. The number of carbonyl (C=O) groups is 1. The molecule has 3 nitrogen and oxygen atoms in total. The topological polar surface area (TPSA) is 35.5 Å². The molecule has 18 heavy (non-hydrogen) atoms. The Morgan fingerprint density at radius 1 is 1.17 bits per heavy atom. The third-order valence-electron chi connectivity index (χ3n) is 2.60. The molecule has 0 spiro atoms. The fourth-order valence-corrected chi connectivity index (χ4v) is 1.81. The molecule has 0 aliphatic rings. The highest BCUT2D eigenvalue weighted by Crippen LogP contribution is 2.12. The number of ether oxygens (including phenoxy) is 2. The van der Waals surface area contributed by atoms with E-state index in [4.69, 9.17) is 9.47 Å². The number of benzene rings is 1. The van der Waals surface area contributed by atoms with Crippen molar-refractivity contribution in [2.24, 2.45) is 0 Å². The SMILES string of the molecule is CCCc1cccc(C(=O)C(OCC)OCC)c1. The molecule has 0 atom stereocenters. The van der Waals surface area contributed by atoms with Gasteiger partial charge in [0.05, 0.1) is 0 Å². The van der Waals surface area contributed by atoms with Crippen LogP contribution in [0.3, 0.4) is 0 Å². The van der Waals surface area contributed by atoms with Gasteiger partial charge in [0.1, 0.15) is 0 Å². The van der Waals surface area contributed by atoms with Crippen molar-refractivity contribution in [3.63, 3.8) is 0 Å². The number of Topliss-reactive ketones (excluding diaryl/α,β-unsaturated/α-hetero) is 1. The first-order chi connectivity index (χ1) is 8.72. The Hall–Kier alpha value is -1.19. The van der Waals surface area contributed by atoms with E-state index in [0.717, 1.165) is 12.8 Å². The molecule has 0 amide bonds. The highest BCUT2D eigenvalue weighted by atomic mass is 16.7. The molecule has 0 saturated carbocycles. The summed E-state index contributed by atoms with van der Waals surface area (Å²) in [4.78, 5) is 12.2. The number of carbonyl (C=O) groups excluding carboxylic acids is 1. The molecule has 0 aliphatic carbocycles. The van der Waals surface area contributed by atoms with Crippen LogP contribution in [-0.2, 0) is 15.9 Å². The summed E-state index contributed by atoms with van der Waals surface area (Å²) < 4.78 is 10.7. The molecule has 0 aromatic heterocycles. The number of aryl methyl sites for hydroxylation is 1. The second-order valence-electron chi connectivity index (χ2n) is 4.06. The van der Waals surface area contributed by atoms with Gasteiger partial charge in [-0.2, -0.15) is 0 Å². The normalized spacial score (nSPS) is 10.9. The number of hydrogen-bond acceptors (Lipinski definition) is 3. The molecule has 1 rings (SSSR count). The Kier molecular flexibility index (Phi) is 6.61. The van der Waals surface area contributed by atoms with E-state index >= 15 is 0 Å². The fraction of sp³-hybridized carbons (Fsp3) is 0.533. The highest BCUT2D eigenvalue weighted by molar-refractivity contribution is 5.98. The van der Waals surface area contributed by atoms with Gasteiger partial charge in [0.15, 0.2) is 0 Å². The van der Waals surface area contributed by atoms with Gasteiger partial charge < -0.3 is 9.47 Å². The van der Waals surface area contributed by atoms with Crippen molar-refractivity contribution in [1.29, 1.82) is 0 Å². The summed E-state index contributed by atoms with van der Waals surface area (Å²) >= 11 is 0. The summed E-state index contributed by atoms with van der Waals surface area (Å²) in [5.41, 5.74) is 1.84. The minimum absolute atomic E-state index is 0.100. The van der Waals surface area contributed by atoms with Crippen LogP contribution in [0, 0.1) is 0 Å². The lowest BCUT2D eigenvalue weighted by atomic mass is 10.0. The van der Waals surface area contributed by atoms with E-state index in [1.807, 2.05) is 38.1 Å². The van der Waals surface area contributed by atoms with Gasteiger partial charge in [-0.05, 0) is 31.9 Å². The van der Waals surface area contributed by atoms with E-state index in [0.29, 0.717) is 18.8 Å². The molecular weight excluding hydrogens is 228 g/mol. The molecule has 0 aliphatic heterocycles. The third-order valence-corrected chi connectivity index (χ3v) is 2.60. The van der Waals surface area contributed by atoms with Gasteiger partial charge in [0.25, 0.3) is 0 Å². The van der Waals surface area contributed by atoms with Crippen LogP contribution in [0.5, 0.6) is 0 Å². The van der Waals surface area contributed by atoms with Crippen LogP contribution >= 0.6 is 0 Å². The molecule has 0 N–H and O–H groups in total. The summed E-state index contributed by atoms with van der Waals surface area (Å²) in [6, 6.07) is 7.69. The van der Waals surface area contributed by atoms with Crippen LogP contribution in [0.4, 0.5) is 0 Å². The minimum atomic E-state index is -0.781. The molecule has 1 aromatic carbocycles. The largest absolute Gasteiger partial charge is 0.346 e. The van der Waals surface area contributed by atoms with E-state index in [1.54, 1.807) is 0 Å². The zero-order valence-corrected chi connectivity index (χ0v) is 11.4. The van der Waals surface area contributed by atoms with E-state index in [9.17, 15) is 4.79 Å². The first-order valence-corrected chi connectivity index (χ1v) is 6.59. The molecule has 0 unspecified atom stereocenters. The Morgan fingerprint density at radius 2 is 1.83 bits per heavy atom. The average Bonchev–Trinajstić information content (AvgIpc) is 2.38. The lowest BCUT2D eigenvalue weighted by Gasteiger charge is -2.15. The van der Waals surface area contributed by atoms with E-state index in [2.05, 4.69) is 6.92 Å². The Bertz CT molecular complexity index is 368. The van der Waals surface area contributed by atoms with Gasteiger partial charge >= 0.3 is 0 Å². The van der Waals surface area contributed by atoms with Crippen molar-refractivity contribution >= 4 is 5.78 Å². The maximum absolute atomic E-state index is 12.2. The van der Waals surface area contributed by atoms with Crippen LogP contribution in [-0.4, -0.2) is 25.3 Å². The fourth-order valence-electron chi connectivity index (χ4n) is 1.81. The zero-order chi connectivity index (χ0) is 13.4. The molecule has 100 valence electrons. The van der Waals surface area contributed by atoms with Gasteiger partial charge in [0.2, 0.25) is 12.1 Å². The molecule has 0 radical (unpaired) electrons. The van der Waals surface area contributed by atoms with Gasteiger partial charge in [-0.15, -0.1) is 0 Å². The van der Waals surface area contributed by atoms with Crippen molar-refractivity contribution < 1.29 is 14.3 Å². The number of hydrogen-bond donors (Lipinski definition) is 0. The summed E-state index contributed by atoms with van der Waals surface area (Å²) in [6.07, 6.45) is 1.27. The van der Waals surface area contributed by atoms with Gasteiger partial charge in [-0.3, -0.25) is 4.79 Å². The summed E-state index contributed by atoms with van der Waals surface area (Å²) in [6.45, 7) is 6.76. The lowest BCUT2D eigenvalue weighted by Crippen LogP contribution is -2.27. The first kappa shape index (κ1) is 14.9. The zero-order valence-electron chi connectivity index (χ0n) is 11.4. The number of rotatable bonds is 8. The second kappa shape index (κ2) is 8.01. The average molecular weight is 250 g/mol. The summed E-state index contributed by atoms with van der Waals surface area (Å²) in [5.74, 6) is -0.100. The van der Waals surface area contributed by atoms with Crippen LogP contribution in [0.15, 0.2) is 24.3 Å². The molecule has 0 saturated heterocycles. The van der Waals surface area contributed by atoms with Gasteiger partial charge in [-0.1, -0.05) is 31.5 Å². The monoisotopic (exact) mass is 250 g/mol. The summed E-state index contributed by atoms with van der Waals surface area (Å²) in [7, 11) is 0. The minimum Gasteiger partial charge on any atom is -0.346 e. The van der Waals surface area contributed by atoms with Crippen molar-refractivity contribution in [3.05, 3.63) is 35.4 Å². The van der Waals surface area contributed by atoms with Crippen molar-refractivity contribution in [1.82, 2.24) is 0 Å². The van der Waals surface area contributed by atoms with E-state index in [-0.39, 0.29) is 5.78 Å². The maximum atomic E-state index is 12.2. The van der Waals surface area contributed by atoms with Crippen LogP contribution in [0.2, 0.25) is 0 Å². The second-order valence-corrected chi connectivity index (χ2v) is 4.06. The quantitative estimate of drug-likeness (QED) is 0.525. The van der Waals surface area contributed by atoms with Gasteiger partial charge in [-0.25, -0.2) is 0 Å². The Balaban J connectivity index is 2.82. The predicted molar refractivity (Wildman–Crippen MR) is 71.8 cm³/mol.